The average molecular weight is 185 g/mol. The minimum absolute atomic E-state index is 0.193. The molecule has 0 heterocycles. The molecule has 0 radical (unpaired) electrons. The second-order valence-corrected chi connectivity index (χ2v) is 2.05. The normalized spacial score (nSPS) is 7.46. The van der Waals surface area contributed by atoms with Crippen molar-refractivity contribution in [2.75, 3.05) is 0 Å². The fourth-order valence-corrected chi connectivity index (χ4v) is 0.314. The maximum absolute atomic E-state index is 10.5. The third kappa shape index (κ3) is 17.8. The van der Waals surface area contributed by atoms with Gasteiger partial charge in [0.1, 0.15) is 0 Å². The second-order valence-electron chi connectivity index (χ2n) is 2.05. The van der Waals surface area contributed by atoms with Gasteiger partial charge in [-0.25, -0.2) is 4.79 Å². The van der Waals surface area contributed by atoms with Gasteiger partial charge in [-0.15, -0.1) is 0 Å². The molecular weight excluding hydrogens is 170 g/mol. The molecule has 0 atom stereocenters. The zero-order chi connectivity index (χ0) is 10.9. The number of carbonyl (C=O) groups excluding carboxylic acids is 2. The highest BCUT2D eigenvalue weighted by molar-refractivity contribution is 5.88. The molecule has 0 saturated carbocycles. The lowest BCUT2D eigenvalue weighted by atomic mass is 10.4. The second kappa shape index (κ2) is 8.32. The van der Waals surface area contributed by atoms with Gasteiger partial charge in [-0.3, -0.25) is 4.79 Å². The fraction of sp³-hybridized carbons (Fsp3) is 0.250. The van der Waals surface area contributed by atoms with Gasteiger partial charge in [0.25, 0.3) is 0 Å². The molecule has 0 aromatic heterocycles. The third-order valence-corrected chi connectivity index (χ3v) is 0.912. The minimum Gasteiger partial charge on any atom is -0.352 e. The molecule has 5 N–H and O–H groups in total. The van der Waals surface area contributed by atoms with E-state index in [2.05, 4.69) is 29.9 Å². The highest BCUT2D eigenvalue weighted by Crippen LogP contribution is 1.88. The summed E-state index contributed by atoms with van der Waals surface area (Å²) in [7, 11) is 0. The Kier molecular flexibility index (Phi) is 8.82. The molecule has 0 bridgehead atoms. The first-order chi connectivity index (χ1) is 5.93. The highest BCUT2D eigenvalue weighted by Gasteiger charge is 1.92. The summed E-state index contributed by atoms with van der Waals surface area (Å²) in [6.45, 7) is 8.80. The van der Waals surface area contributed by atoms with E-state index in [1.54, 1.807) is 0 Å². The summed E-state index contributed by atoms with van der Waals surface area (Å²) in [6.07, 6.45) is 1.99. The Morgan fingerprint density at radius 1 is 1.46 bits per heavy atom. The number of rotatable bonds is 3. The van der Waals surface area contributed by atoms with Crippen LogP contribution in [-0.2, 0) is 4.79 Å². The zero-order valence-corrected chi connectivity index (χ0v) is 7.67. The van der Waals surface area contributed by atoms with Crippen molar-refractivity contribution >= 4 is 11.9 Å². The Morgan fingerprint density at radius 2 is 1.85 bits per heavy atom. The van der Waals surface area contributed by atoms with E-state index in [1.165, 1.54) is 6.08 Å². The summed E-state index contributed by atoms with van der Waals surface area (Å²) >= 11 is 0. The first kappa shape index (κ1) is 13.8. The molecule has 0 aromatic rings. The standard InChI is InChI=1S/C7H11NO.CH4N2O/c1-4-6(3)8-7(9)5-2;2-1(3)4/h5H,2-4H2,1H3,(H,8,9);(H4,2,3,4). The third-order valence-electron chi connectivity index (χ3n) is 0.912. The number of nitrogens with one attached hydrogen (secondary N) is 1. The maximum Gasteiger partial charge on any atom is 0.309 e. The number of hydrogen-bond donors (Lipinski definition) is 3. The van der Waals surface area contributed by atoms with Crippen LogP contribution in [0.25, 0.3) is 0 Å². The molecule has 0 aliphatic heterocycles. The van der Waals surface area contributed by atoms with Crippen LogP contribution in [0.1, 0.15) is 13.3 Å². The van der Waals surface area contributed by atoms with Crippen molar-refractivity contribution in [2.24, 2.45) is 11.5 Å². The molecule has 0 aliphatic carbocycles. The molecule has 5 nitrogen and oxygen atoms in total. The minimum atomic E-state index is -0.833. The molecule has 74 valence electrons. The van der Waals surface area contributed by atoms with Crippen molar-refractivity contribution in [2.45, 2.75) is 13.3 Å². The Balaban J connectivity index is 0. The molecule has 13 heavy (non-hydrogen) atoms. The smallest absolute Gasteiger partial charge is 0.309 e. The van der Waals surface area contributed by atoms with Gasteiger partial charge in [-0.05, 0) is 12.5 Å². The molecule has 0 aliphatic rings. The molecule has 5 heteroatoms. The Labute approximate surface area is 77.5 Å². The fourth-order valence-electron chi connectivity index (χ4n) is 0.314. The van der Waals surface area contributed by atoms with E-state index >= 15 is 0 Å². The number of hydrogen-bond acceptors (Lipinski definition) is 2. The largest absolute Gasteiger partial charge is 0.352 e. The summed E-state index contributed by atoms with van der Waals surface area (Å²) in [5.41, 5.74) is 9.22. The van der Waals surface area contributed by atoms with Gasteiger partial charge in [0.2, 0.25) is 5.91 Å². The van der Waals surface area contributed by atoms with Gasteiger partial charge in [-0.1, -0.05) is 20.1 Å². The van der Waals surface area contributed by atoms with E-state index in [0.717, 1.165) is 12.1 Å². The monoisotopic (exact) mass is 185 g/mol. The number of primary amides is 2. The Morgan fingerprint density at radius 3 is 2.08 bits per heavy atom. The van der Waals surface area contributed by atoms with Crippen LogP contribution in [0.3, 0.4) is 0 Å². The molecule has 0 rings (SSSR count). The summed E-state index contributed by atoms with van der Waals surface area (Å²) in [6, 6.07) is -0.833. The van der Waals surface area contributed by atoms with Crippen molar-refractivity contribution in [1.82, 2.24) is 5.32 Å². The van der Waals surface area contributed by atoms with Crippen LogP contribution in [0.4, 0.5) is 4.79 Å². The quantitative estimate of drug-likeness (QED) is 0.549. The van der Waals surface area contributed by atoms with Crippen LogP contribution >= 0.6 is 0 Å². The highest BCUT2D eigenvalue weighted by atomic mass is 16.2. The lowest BCUT2D eigenvalue weighted by Crippen LogP contribution is -2.18. The summed E-state index contributed by atoms with van der Waals surface area (Å²) in [5, 5.41) is 2.53. The van der Waals surface area contributed by atoms with Crippen LogP contribution in [-0.4, -0.2) is 11.9 Å². The van der Waals surface area contributed by atoms with Crippen molar-refractivity contribution in [3.05, 3.63) is 24.9 Å². The van der Waals surface area contributed by atoms with Crippen LogP contribution in [0.15, 0.2) is 24.9 Å². The zero-order valence-electron chi connectivity index (χ0n) is 7.67. The summed E-state index contributed by atoms with van der Waals surface area (Å²) < 4.78 is 0. The lowest BCUT2D eigenvalue weighted by molar-refractivity contribution is -0.115. The van der Waals surface area contributed by atoms with Gasteiger partial charge in [0, 0.05) is 5.70 Å². The van der Waals surface area contributed by atoms with Gasteiger partial charge < -0.3 is 16.8 Å². The van der Waals surface area contributed by atoms with Gasteiger partial charge in [0.05, 0.1) is 0 Å². The Bertz CT molecular complexity index is 207. The van der Waals surface area contributed by atoms with Crippen LogP contribution < -0.4 is 16.8 Å². The van der Waals surface area contributed by atoms with E-state index in [9.17, 15) is 4.79 Å². The van der Waals surface area contributed by atoms with Gasteiger partial charge in [0.15, 0.2) is 0 Å². The van der Waals surface area contributed by atoms with Crippen LogP contribution in [0.5, 0.6) is 0 Å². The van der Waals surface area contributed by atoms with E-state index in [1.807, 2.05) is 6.92 Å². The lowest BCUT2D eigenvalue weighted by Gasteiger charge is -1.99. The van der Waals surface area contributed by atoms with Crippen LogP contribution in [0, 0.1) is 0 Å². The Hall–Kier alpha value is -1.78. The number of carbonyl (C=O) groups is 2. The first-order valence-electron chi connectivity index (χ1n) is 3.60. The molecule has 0 saturated heterocycles. The van der Waals surface area contributed by atoms with E-state index in [-0.39, 0.29) is 5.91 Å². The SMILES string of the molecule is C=CC(=O)NC(=C)CC.NC(N)=O. The molecule has 0 spiro atoms. The van der Waals surface area contributed by atoms with Crippen molar-refractivity contribution in [1.29, 1.82) is 0 Å². The van der Waals surface area contributed by atoms with E-state index in [4.69, 9.17) is 4.79 Å². The first-order valence-corrected chi connectivity index (χ1v) is 3.60. The van der Waals surface area contributed by atoms with E-state index in [0.29, 0.717) is 0 Å². The number of nitrogens with two attached hydrogens (primary N) is 2. The van der Waals surface area contributed by atoms with E-state index < -0.39 is 6.03 Å². The number of urea groups is 1. The van der Waals surface area contributed by atoms with Crippen LogP contribution in [0.2, 0.25) is 0 Å². The molecular formula is C8H15N3O2. The van der Waals surface area contributed by atoms with Gasteiger partial charge in [-0.2, -0.15) is 0 Å². The molecule has 0 fully saturated rings. The molecule has 0 unspecified atom stereocenters. The predicted octanol–water partition coefficient (Wildman–Crippen LogP) is 0.236. The topological polar surface area (TPSA) is 98.2 Å². The van der Waals surface area contributed by atoms with Gasteiger partial charge >= 0.3 is 6.03 Å². The molecule has 0 aromatic carbocycles. The molecule has 3 amide bonds. The maximum atomic E-state index is 10.5. The van der Waals surface area contributed by atoms with Crippen molar-refractivity contribution in [3.8, 4) is 0 Å². The van der Waals surface area contributed by atoms with Crippen molar-refractivity contribution in [3.63, 3.8) is 0 Å². The summed E-state index contributed by atoms with van der Waals surface area (Å²) in [4.78, 5) is 19.5. The average Bonchev–Trinajstić information content (AvgIpc) is 2.03. The predicted molar refractivity (Wildman–Crippen MR) is 51.5 cm³/mol. The number of allylic oxidation sites excluding steroid dienone is 1. The summed E-state index contributed by atoms with van der Waals surface area (Å²) in [5.74, 6) is -0.193. The van der Waals surface area contributed by atoms with Crippen molar-refractivity contribution < 1.29 is 9.59 Å². The number of amides is 3.